The number of amides is 3. The minimum Gasteiger partial charge on any atom is -0.479 e. The summed E-state index contributed by atoms with van der Waals surface area (Å²) in [5.41, 5.74) is 15.0. The molecule has 602 valence electrons. The van der Waals surface area contributed by atoms with Crippen molar-refractivity contribution in [1.82, 2.24) is 16.0 Å². The fourth-order valence-corrected chi connectivity index (χ4v) is 14.5. The first kappa shape index (κ1) is 95.1. The summed E-state index contributed by atoms with van der Waals surface area (Å²) in [5, 5.41) is 72.7. The summed E-state index contributed by atoms with van der Waals surface area (Å²) < 4.78 is 69.5. The zero-order valence-electron chi connectivity index (χ0n) is 65.8. The molecule has 3 rings (SSSR count). The number of aliphatic hydroxyl groups is 5. The molecule has 0 aromatic carbocycles. The van der Waals surface area contributed by atoms with Crippen molar-refractivity contribution in [1.29, 1.82) is 0 Å². The molecule has 106 heavy (non-hydrogen) atoms. The third-order valence-corrected chi connectivity index (χ3v) is 21.3. The van der Waals surface area contributed by atoms with Crippen molar-refractivity contribution in [3.63, 3.8) is 0 Å². The Hall–Kier alpha value is -5.12. The van der Waals surface area contributed by atoms with Gasteiger partial charge in [-0.2, -0.15) is 4.31 Å². The highest BCUT2D eigenvalue weighted by Gasteiger charge is 2.57. The zero-order valence-corrected chi connectivity index (χ0v) is 67.5. The lowest BCUT2D eigenvalue weighted by Gasteiger charge is -2.49. The van der Waals surface area contributed by atoms with Gasteiger partial charge in [-0.3, -0.25) is 23.4 Å². The molecule has 27 heteroatoms. The van der Waals surface area contributed by atoms with Crippen LogP contribution in [0.4, 0.5) is 0 Å². The van der Waals surface area contributed by atoms with Crippen LogP contribution in [0.15, 0.2) is 128 Å². The van der Waals surface area contributed by atoms with Crippen LogP contribution in [0.2, 0.25) is 0 Å². The Morgan fingerprint density at radius 1 is 0.396 bits per heavy atom. The van der Waals surface area contributed by atoms with Crippen molar-refractivity contribution in [2.45, 2.75) is 331 Å². The Balaban J connectivity index is 1.40. The van der Waals surface area contributed by atoms with Gasteiger partial charge in [0.25, 0.3) is 0 Å². The first-order chi connectivity index (χ1) is 49.8. The summed E-state index contributed by atoms with van der Waals surface area (Å²) in [6.45, 7) is 29.0. The van der Waals surface area contributed by atoms with E-state index in [0.29, 0.717) is 12.8 Å². The van der Waals surface area contributed by atoms with E-state index in [-0.39, 0.29) is 0 Å². The van der Waals surface area contributed by atoms with Gasteiger partial charge in [0.1, 0.15) is 54.8 Å². The molecule has 3 heterocycles. The SMILES string of the molecule is CC(=O)NC1C(C)OC(OC2C(C(=O)O)OC(OC3C(CO)OC(OP(=O)(O)OP(=O)(O)OCC=C(C)CCC=C(C)CCC=C(C)CCC=C(C)CCC=C(C)CCC=C(C)CCC=C(C)CCC=C(C)CCC=C(C)CCC=C(C)CCC=C(C)C)C(NC(C)=O)C3O)C(NC(C)=O)C2O)C(O)C1O. The third kappa shape index (κ3) is 37.5. The topological polar surface area (TPSA) is 374 Å². The second-order valence-corrected chi connectivity index (χ2v) is 32.1. The van der Waals surface area contributed by atoms with Gasteiger partial charge in [0.15, 0.2) is 25.0 Å². The van der Waals surface area contributed by atoms with Crippen LogP contribution in [-0.4, -0.2) is 169 Å². The van der Waals surface area contributed by atoms with Crippen molar-refractivity contribution in [2.75, 3.05) is 13.2 Å². The first-order valence-corrected chi connectivity index (χ1v) is 40.3. The fraction of sp³-hybridized carbons (Fsp3) is 0.671. The zero-order chi connectivity index (χ0) is 79.4. The van der Waals surface area contributed by atoms with Crippen molar-refractivity contribution in [2.24, 2.45) is 0 Å². The van der Waals surface area contributed by atoms with Gasteiger partial charge in [-0.25, -0.2) is 13.9 Å². The Morgan fingerprint density at radius 3 is 1.06 bits per heavy atom. The highest BCUT2D eigenvalue weighted by Crippen LogP contribution is 2.61. The van der Waals surface area contributed by atoms with Crippen LogP contribution in [0.3, 0.4) is 0 Å². The van der Waals surface area contributed by atoms with Crippen molar-refractivity contribution in [3.05, 3.63) is 128 Å². The van der Waals surface area contributed by atoms with Gasteiger partial charge >= 0.3 is 21.6 Å². The van der Waals surface area contributed by atoms with E-state index in [4.69, 9.17) is 32.7 Å². The highest BCUT2D eigenvalue weighted by atomic mass is 31.3. The number of carbonyl (C=O) groups excluding carboxylic acids is 3. The predicted molar refractivity (Wildman–Crippen MR) is 410 cm³/mol. The van der Waals surface area contributed by atoms with E-state index < -0.39 is 144 Å². The maximum atomic E-state index is 13.3. The average molecular weight is 1530 g/mol. The van der Waals surface area contributed by atoms with Gasteiger partial charge in [0.05, 0.1) is 25.4 Å². The van der Waals surface area contributed by atoms with Crippen LogP contribution in [0.1, 0.15) is 239 Å². The smallest absolute Gasteiger partial charge is 0.479 e. The van der Waals surface area contributed by atoms with Gasteiger partial charge in [-0.15, -0.1) is 0 Å². The molecule has 17 unspecified atom stereocenters. The largest absolute Gasteiger partial charge is 0.483 e. The number of carboxylic acid groups (broad SMARTS) is 1. The van der Waals surface area contributed by atoms with Crippen LogP contribution in [-0.2, 0) is 65.4 Å². The fourth-order valence-electron chi connectivity index (χ4n) is 12.4. The Labute approximate surface area is 630 Å². The van der Waals surface area contributed by atoms with Gasteiger partial charge in [0, 0.05) is 20.8 Å². The van der Waals surface area contributed by atoms with Crippen LogP contribution < -0.4 is 16.0 Å². The van der Waals surface area contributed by atoms with Crippen LogP contribution in [0.25, 0.3) is 0 Å². The molecule has 0 aromatic rings. The third-order valence-electron chi connectivity index (χ3n) is 18.7. The summed E-state index contributed by atoms with van der Waals surface area (Å²) in [5.74, 6) is -4.12. The Bertz CT molecular complexity index is 3250. The molecule has 3 saturated heterocycles. The molecule has 3 fully saturated rings. The lowest BCUT2D eigenvalue weighted by atomic mass is 9.93. The van der Waals surface area contributed by atoms with Crippen molar-refractivity contribution in [3.8, 4) is 0 Å². The molecule has 3 aliphatic heterocycles. The summed E-state index contributed by atoms with van der Waals surface area (Å²) in [6.07, 6.45) is 22.4. The monoisotopic (exact) mass is 1530 g/mol. The maximum Gasteiger partial charge on any atom is 0.483 e. The van der Waals surface area contributed by atoms with Crippen molar-refractivity contribution < 1.29 is 106 Å². The summed E-state index contributed by atoms with van der Waals surface area (Å²) in [4.78, 5) is 70.7. The van der Waals surface area contributed by atoms with E-state index in [0.717, 1.165) is 142 Å². The number of rotatable bonds is 46. The van der Waals surface area contributed by atoms with Gasteiger partial charge in [-0.1, -0.05) is 128 Å². The predicted octanol–water partition coefficient (Wildman–Crippen LogP) is 13.5. The van der Waals surface area contributed by atoms with Crippen molar-refractivity contribution >= 4 is 39.3 Å². The number of carboxylic acids is 1. The van der Waals surface area contributed by atoms with E-state index in [2.05, 4.69) is 157 Å². The molecule has 0 aliphatic carbocycles. The summed E-state index contributed by atoms with van der Waals surface area (Å²) in [7, 11) is -11.2. The summed E-state index contributed by atoms with van der Waals surface area (Å²) in [6, 6.07) is -4.87. The number of hydrogen-bond donors (Lipinski definition) is 11. The van der Waals surface area contributed by atoms with Crippen LogP contribution in [0.5, 0.6) is 0 Å². The number of nitrogens with one attached hydrogen (secondary N) is 3. The lowest BCUT2D eigenvalue weighted by Crippen LogP contribution is -2.71. The van der Waals surface area contributed by atoms with Crippen LogP contribution in [0, 0.1) is 0 Å². The Morgan fingerprint density at radius 2 is 0.717 bits per heavy atom. The molecule has 25 nitrogen and oxygen atoms in total. The molecule has 17 atom stereocenters. The maximum absolute atomic E-state index is 13.3. The average Bonchev–Trinajstić information content (AvgIpc) is 0.768. The van der Waals surface area contributed by atoms with E-state index >= 15 is 0 Å². The number of allylic oxidation sites excluding steroid dienone is 21. The molecule has 11 N–H and O–H groups in total. The number of hydrogen-bond acceptors (Lipinski definition) is 19. The van der Waals surface area contributed by atoms with E-state index in [1.807, 2.05) is 0 Å². The second-order valence-electron chi connectivity index (χ2n) is 29.1. The molecule has 0 spiro atoms. The standard InChI is InChI=1S/C79H129N3O22P2/c1-50(2)27-17-28-51(3)29-18-30-52(4)31-19-32-53(5)33-20-34-54(6)35-21-36-55(7)37-22-38-56(8)39-23-40-57(9)41-24-42-58(10)43-25-44-59(11)45-26-46-60(12)47-48-97-105(93,94)104-106(95,96)103-78-68(82-64(16)86)70(88)73(65(49-83)99-78)100-77-67(81-63(15)85)71(89)74(75(102-77)76(91)92)101-79-72(90)69(87)66(61(13)98-79)80-62(14)84/h27,29,31,33,35,37,39,41,43,45,47,61,65-75,77-79,83,87-90H,17-26,28,30,32,34,36,38,40,42,44,46,48-49H2,1-16H3,(H,80,84)(H,81,85)(H,82,86)(H,91,92)(H,93,94)(H,95,96). The lowest BCUT2D eigenvalue weighted by molar-refractivity contribution is -0.348. The van der Waals surface area contributed by atoms with Gasteiger partial charge in [-0.05, 0) is 218 Å². The molecule has 0 radical (unpaired) electrons. The highest BCUT2D eigenvalue weighted by molar-refractivity contribution is 7.61. The van der Waals surface area contributed by atoms with E-state index in [1.165, 1.54) is 68.7 Å². The molecular weight excluding hydrogens is 1400 g/mol. The van der Waals surface area contributed by atoms with Gasteiger partial charge < -0.3 is 80.1 Å². The molecule has 0 saturated carbocycles. The number of aliphatic hydroxyl groups excluding tert-OH is 5. The number of phosphoric ester groups is 2. The first-order valence-electron chi connectivity index (χ1n) is 37.4. The molecular formula is C79H129N3O22P2. The molecule has 0 bridgehead atoms. The Kier molecular flexibility index (Phi) is 44.1. The number of phosphoric acid groups is 2. The quantitative estimate of drug-likeness (QED) is 0.0199. The number of carbonyl (C=O) groups is 4. The summed E-state index contributed by atoms with van der Waals surface area (Å²) >= 11 is 0. The molecule has 0 aromatic heterocycles. The second kappa shape index (κ2) is 49.2. The van der Waals surface area contributed by atoms with Gasteiger partial charge in [0.2, 0.25) is 17.7 Å². The van der Waals surface area contributed by atoms with E-state index in [1.54, 1.807) is 6.92 Å². The minimum absolute atomic E-state index is 0.533. The van der Waals surface area contributed by atoms with Crippen LogP contribution >= 0.6 is 15.6 Å². The minimum atomic E-state index is -5.76. The number of ether oxygens (including phenoxy) is 5. The normalized spacial score (nSPS) is 27.7. The molecule has 3 amide bonds. The number of aliphatic carboxylic acids is 1. The van der Waals surface area contributed by atoms with E-state index in [9.17, 15) is 68.7 Å². The molecule has 3 aliphatic rings.